The fourth-order valence-electron chi connectivity index (χ4n) is 3.20. The number of hydrogen-bond acceptors (Lipinski definition) is 3. The lowest BCUT2D eigenvalue weighted by Crippen LogP contribution is -2.49. The van der Waals surface area contributed by atoms with E-state index in [1.54, 1.807) is 34.9 Å². The van der Waals surface area contributed by atoms with Crippen LogP contribution in [0.3, 0.4) is 0 Å². The van der Waals surface area contributed by atoms with Gasteiger partial charge in [0.25, 0.3) is 0 Å². The summed E-state index contributed by atoms with van der Waals surface area (Å²) in [6.07, 6.45) is 2.73. The van der Waals surface area contributed by atoms with Gasteiger partial charge in [-0.1, -0.05) is 67.7 Å². The normalized spacial score (nSPS) is 11.7. The first-order valence-electron chi connectivity index (χ1n) is 10.7. The lowest BCUT2D eigenvalue weighted by molar-refractivity contribution is -0.141. The Kier molecular flexibility index (Phi) is 11.3. The molecule has 7 heteroatoms. The van der Waals surface area contributed by atoms with Gasteiger partial charge in [-0.05, 0) is 37.1 Å². The molecule has 0 fully saturated rings. The Morgan fingerprint density at radius 2 is 1.71 bits per heavy atom. The Morgan fingerprint density at radius 3 is 2.32 bits per heavy atom. The summed E-state index contributed by atoms with van der Waals surface area (Å²) in [4.78, 5) is 28.9. The molecule has 0 aromatic heterocycles. The zero-order valence-electron chi connectivity index (χ0n) is 18.1. The van der Waals surface area contributed by atoms with Gasteiger partial charge in [0.05, 0.1) is 0 Å². The zero-order valence-corrected chi connectivity index (χ0v) is 20.4. The van der Waals surface area contributed by atoms with E-state index in [1.807, 2.05) is 37.3 Å². The minimum atomic E-state index is -0.571. The summed E-state index contributed by atoms with van der Waals surface area (Å²) in [6.45, 7) is 4.79. The topological polar surface area (TPSA) is 49.4 Å². The van der Waals surface area contributed by atoms with Crippen molar-refractivity contribution < 1.29 is 9.59 Å². The molecule has 0 radical (unpaired) electrons. The maximum absolute atomic E-state index is 13.2. The summed E-state index contributed by atoms with van der Waals surface area (Å²) in [6, 6.07) is 14.7. The number of halogens is 2. The average Bonchev–Trinajstić information content (AvgIpc) is 2.76. The number of benzene rings is 2. The highest BCUT2D eigenvalue weighted by atomic mass is 35.5. The Labute approximate surface area is 199 Å². The Bertz CT molecular complexity index is 828. The van der Waals surface area contributed by atoms with Crippen LogP contribution in [0.15, 0.2) is 53.4 Å². The van der Waals surface area contributed by atoms with Gasteiger partial charge in [0.1, 0.15) is 6.04 Å². The molecule has 0 saturated heterocycles. The first kappa shape index (κ1) is 25.6. The number of unbranched alkanes of at least 4 members (excludes halogenated alkanes) is 1. The quantitative estimate of drug-likeness (QED) is 0.290. The smallest absolute Gasteiger partial charge is 0.242 e. The molecule has 0 spiro atoms. The van der Waals surface area contributed by atoms with Gasteiger partial charge in [0, 0.05) is 45.8 Å². The molecule has 0 saturated carbocycles. The van der Waals surface area contributed by atoms with Crippen molar-refractivity contribution in [1.29, 1.82) is 0 Å². The van der Waals surface area contributed by atoms with Gasteiger partial charge in [-0.2, -0.15) is 0 Å². The van der Waals surface area contributed by atoms with Crippen LogP contribution in [-0.2, 0) is 16.1 Å². The highest BCUT2D eigenvalue weighted by molar-refractivity contribution is 7.99. The molecule has 2 amide bonds. The summed E-state index contributed by atoms with van der Waals surface area (Å²) >= 11 is 14.4. The van der Waals surface area contributed by atoms with Crippen LogP contribution in [0.5, 0.6) is 0 Å². The molecule has 1 N–H and O–H groups in total. The molecule has 2 rings (SSSR count). The molecule has 0 bridgehead atoms. The Morgan fingerprint density at radius 1 is 1.03 bits per heavy atom. The molecule has 0 aliphatic carbocycles. The molecule has 168 valence electrons. The number of nitrogens with one attached hydrogen (secondary N) is 1. The first-order chi connectivity index (χ1) is 15.0. The second-order valence-corrected chi connectivity index (χ2v) is 9.18. The van der Waals surface area contributed by atoms with Crippen molar-refractivity contribution in [2.24, 2.45) is 0 Å². The second kappa shape index (κ2) is 13.7. The van der Waals surface area contributed by atoms with Crippen molar-refractivity contribution in [3.8, 4) is 0 Å². The second-order valence-electron chi connectivity index (χ2n) is 7.20. The third-order valence-electron chi connectivity index (χ3n) is 4.93. The van der Waals surface area contributed by atoms with Crippen LogP contribution in [0.2, 0.25) is 10.0 Å². The minimum Gasteiger partial charge on any atom is -0.354 e. The highest BCUT2D eigenvalue weighted by Crippen LogP contribution is 2.27. The van der Waals surface area contributed by atoms with Gasteiger partial charge in [-0.3, -0.25) is 9.59 Å². The van der Waals surface area contributed by atoms with Crippen LogP contribution in [-0.4, -0.2) is 35.1 Å². The van der Waals surface area contributed by atoms with E-state index in [4.69, 9.17) is 23.2 Å². The number of rotatable bonds is 12. The number of nitrogens with zero attached hydrogens (tertiary/aromatic N) is 1. The first-order valence-corrected chi connectivity index (χ1v) is 12.4. The maximum Gasteiger partial charge on any atom is 0.242 e. The number of carbonyl (C=O) groups is 2. The van der Waals surface area contributed by atoms with Crippen LogP contribution in [0.4, 0.5) is 0 Å². The molecule has 1 atom stereocenters. The van der Waals surface area contributed by atoms with Crippen molar-refractivity contribution in [3.63, 3.8) is 0 Å². The molecule has 0 heterocycles. The number of hydrogen-bond donors (Lipinski definition) is 1. The van der Waals surface area contributed by atoms with E-state index in [0.29, 0.717) is 40.7 Å². The third kappa shape index (κ3) is 8.06. The molecule has 0 aliphatic heterocycles. The van der Waals surface area contributed by atoms with Gasteiger partial charge in [0.15, 0.2) is 0 Å². The molecule has 31 heavy (non-hydrogen) atoms. The Hall–Kier alpha value is -1.69. The van der Waals surface area contributed by atoms with E-state index in [2.05, 4.69) is 12.2 Å². The minimum absolute atomic E-state index is 0.0862. The van der Waals surface area contributed by atoms with Crippen LogP contribution in [0, 0.1) is 0 Å². The van der Waals surface area contributed by atoms with Gasteiger partial charge >= 0.3 is 0 Å². The SMILES string of the molecule is CCCCNC(=O)[C@H](CC)N(Cc1c(Cl)cccc1Cl)C(=O)CCSc1ccccc1. The molecular formula is C24H30Cl2N2O2S. The lowest BCUT2D eigenvalue weighted by Gasteiger charge is -2.31. The number of carbonyl (C=O) groups excluding carboxylic acids is 2. The van der Waals surface area contributed by atoms with Gasteiger partial charge in [-0.25, -0.2) is 0 Å². The van der Waals surface area contributed by atoms with Crippen molar-refractivity contribution in [3.05, 3.63) is 64.1 Å². The lowest BCUT2D eigenvalue weighted by atomic mass is 10.1. The van der Waals surface area contributed by atoms with Crippen molar-refractivity contribution in [1.82, 2.24) is 10.2 Å². The summed E-state index contributed by atoms with van der Waals surface area (Å²) in [5.41, 5.74) is 0.662. The molecule has 4 nitrogen and oxygen atoms in total. The van der Waals surface area contributed by atoms with Crippen LogP contribution in [0.1, 0.15) is 45.1 Å². The van der Waals surface area contributed by atoms with Crippen molar-refractivity contribution in [2.45, 2.75) is 57.0 Å². The van der Waals surface area contributed by atoms with Crippen LogP contribution in [0.25, 0.3) is 0 Å². The third-order valence-corrected chi connectivity index (χ3v) is 6.66. The summed E-state index contributed by atoms with van der Waals surface area (Å²) in [5.74, 6) is 0.406. The molecular weight excluding hydrogens is 451 g/mol. The van der Waals surface area contributed by atoms with Crippen molar-refractivity contribution in [2.75, 3.05) is 12.3 Å². The van der Waals surface area contributed by atoms with E-state index in [1.165, 1.54) is 0 Å². The summed E-state index contributed by atoms with van der Waals surface area (Å²) < 4.78 is 0. The van der Waals surface area contributed by atoms with Crippen LogP contribution >= 0.6 is 35.0 Å². The monoisotopic (exact) mass is 480 g/mol. The predicted molar refractivity (Wildman–Crippen MR) is 131 cm³/mol. The molecule has 0 aliphatic rings. The summed E-state index contributed by atoms with van der Waals surface area (Å²) in [7, 11) is 0. The number of amides is 2. The van der Waals surface area contributed by atoms with Gasteiger partial charge < -0.3 is 10.2 Å². The zero-order chi connectivity index (χ0) is 22.6. The van der Waals surface area contributed by atoms with Gasteiger partial charge in [-0.15, -0.1) is 11.8 Å². The molecule has 2 aromatic rings. The predicted octanol–water partition coefficient (Wildman–Crippen LogP) is 6.20. The van der Waals surface area contributed by atoms with Crippen molar-refractivity contribution >= 4 is 46.8 Å². The van der Waals surface area contributed by atoms with E-state index in [9.17, 15) is 9.59 Å². The fraction of sp³-hybridized carbons (Fsp3) is 0.417. The van der Waals surface area contributed by atoms with E-state index in [0.717, 1.165) is 17.7 Å². The standard InChI is InChI=1S/C24H30Cl2N2O2S/c1-3-5-15-27-24(30)22(4-2)28(17-19-20(25)12-9-13-21(19)26)23(29)14-16-31-18-10-7-6-8-11-18/h6-13,22H,3-5,14-17H2,1-2H3,(H,27,30)/t22-/m0/s1. The van der Waals surface area contributed by atoms with Crippen LogP contribution < -0.4 is 5.32 Å². The number of thioether (sulfide) groups is 1. The van der Waals surface area contributed by atoms with E-state index < -0.39 is 6.04 Å². The van der Waals surface area contributed by atoms with E-state index in [-0.39, 0.29) is 18.4 Å². The molecule has 0 unspecified atom stereocenters. The van der Waals surface area contributed by atoms with E-state index >= 15 is 0 Å². The fourth-order valence-corrected chi connectivity index (χ4v) is 4.57. The molecule has 2 aromatic carbocycles. The Balaban J connectivity index is 2.16. The summed E-state index contributed by atoms with van der Waals surface area (Å²) in [5, 5.41) is 3.94. The average molecular weight is 481 g/mol. The van der Waals surface area contributed by atoms with Gasteiger partial charge in [0.2, 0.25) is 11.8 Å². The largest absolute Gasteiger partial charge is 0.354 e. The maximum atomic E-state index is 13.2. The highest BCUT2D eigenvalue weighted by Gasteiger charge is 2.29.